The van der Waals surface area contributed by atoms with Crippen LogP contribution in [0.3, 0.4) is 0 Å². The van der Waals surface area contributed by atoms with Gasteiger partial charge in [0.1, 0.15) is 0 Å². The van der Waals surface area contributed by atoms with Gasteiger partial charge in [0.2, 0.25) is 0 Å². The van der Waals surface area contributed by atoms with Crippen LogP contribution in [0, 0.1) is 0 Å². The van der Waals surface area contributed by atoms with Crippen molar-refractivity contribution in [3.63, 3.8) is 0 Å². The molecule has 0 fully saturated rings. The van der Waals surface area contributed by atoms with Crippen molar-refractivity contribution in [2.24, 2.45) is 0 Å². The van der Waals surface area contributed by atoms with Gasteiger partial charge in [-0.1, -0.05) is 151 Å². The number of benzene rings is 8. The normalized spacial score (nSPS) is 15.7. The van der Waals surface area contributed by atoms with E-state index in [4.69, 9.17) is 0 Å². The van der Waals surface area contributed by atoms with E-state index in [0.29, 0.717) is 0 Å². The number of nitrogens with zero attached hydrogens (tertiary/aromatic N) is 1. The Labute approximate surface area is 351 Å². The average Bonchev–Trinajstić information content (AvgIpc) is 3.89. The van der Waals surface area contributed by atoms with E-state index >= 15 is 0 Å². The largest absolute Gasteiger partial charge is 0.310 e. The van der Waals surface area contributed by atoms with Crippen LogP contribution in [0.2, 0.25) is 0 Å². The Bertz CT molecular complexity index is 3240. The van der Waals surface area contributed by atoms with Crippen LogP contribution in [0.25, 0.3) is 64.7 Å². The molecule has 9 aromatic rings. The third-order valence-corrected chi connectivity index (χ3v) is 15.5. The summed E-state index contributed by atoms with van der Waals surface area (Å²) in [7, 11) is 0. The second-order valence-corrected chi connectivity index (χ2v) is 19.6. The summed E-state index contributed by atoms with van der Waals surface area (Å²) in [5, 5.41) is 2.66. The van der Waals surface area contributed by atoms with Crippen LogP contribution in [0.5, 0.6) is 0 Å². The third kappa shape index (κ3) is 4.73. The van der Waals surface area contributed by atoms with E-state index in [1.807, 2.05) is 11.3 Å². The molecule has 0 bridgehead atoms. The predicted molar refractivity (Wildman–Crippen MR) is 252 cm³/mol. The summed E-state index contributed by atoms with van der Waals surface area (Å²) in [6, 6.07) is 62.2. The molecule has 284 valence electrons. The lowest BCUT2D eigenvalue weighted by molar-refractivity contribution is 0.652. The SMILES string of the molecule is CC1(C)c2ccccc2-c2ccc(N(c3ccc(-c4cccc5c4sc4ccccc45)cc3)c3ccc4c(c3)C(C)(C)c3cc5c(cc3-4)C(C)(C)c3ccccc3-5)cc21. The molecule has 0 saturated heterocycles. The molecule has 1 aromatic heterocycles. The van der Waals surface area contributed by atoms with Gasteiger partial charge in [-0.2, -0.15) is 0 Å². The van der Waals surface area contributed by atoms with E-state index in [2.05, 4.69) is 210 Å². The second-order valence-electron chi connectivity index (χ2n) is 18.5. The summed E-state index contributed by atoms with van der Waals surface area (Å²) in [5.41, 5.74) is 22.3. The van der Waals surface area contributed by atoms with Crippen molar-refractivity contribution < 1.29 is 0 Å². The quantitative estimate of drug-likeness (QED) is 0.172. The zero-order chi connectivity index (χ0) is 40.0. The fourth-order valence-electron chi connectivity index (χ4n) is 11.1. The van der Waals surface area contributed by atoms with E-state index < -0.39 is 0 Å². The molecule has 2 heteroatoms. The Hall–Kier alpha value is -6.22. The van der Waals surface area contributed by atoms with Crippen LogP contribution in [0.4, 0.5) is 17.1 Å². The van der Waals surface area contributed by atoms with Gasteiger partial charge in [0.15, 0.2) is 0 Å². The topological polar surface area (TPSA) is 3.24 Å². The summed E-state index contributed by atoms with van der Waals surface area (Å²) >= 11 is 1.89. The molecule has 0 unspecified atom stereocenters. The third-order valence-electron chi connectivity index (χ3n) is 14.3. The van der Waals surface area contributed by atoms with Gasteiger partial charge in [0.05, 0.1) is 0 Å². The predicted octanol–water partition coefficient (Wildman–Crippen LogP) is 16.1. The fourth-order valence-corrected chi connectivity index (χ4v) is 12.3. The minimum atomic E-state index is -0.169. The van der Waals surface area contributed by atoms with Gasteiger partial charge in [-0.25, -0.2) is 0 Å². The molecule has 0 amide bonds. The molecule has 0 radical (unpaired) electrons. The second kappa shape index (κ2) is 11.9. The van der Waals surface area contributed by atoms with Crippen molar-refractivity contribution in [2.75, 3.05) is 4.90 Å². The molecule has 12 rings (SSSR count). The Morgan fingerprint density at radius 2 is 0.780 bits per heavy atom. The highest BCUT2D eigenvalue weighted by Gasteiger charge is 2.42. The highest BCUT2D eigenvalue weighted by Crippen LogP contribution is 2.57. The zero-order valence-electron chi connectivity index (χ0n) is 34.4. The number of hydrogen-bond acceptors (Lipinski definition) is 2. The van der Waals surface area contributed by atoms with Gasteiger partial charge in [-0.3, -0.25) is 0 Å². The lowest BCUT2D eigenvalue weighted by Gasteiger charge is -2.30. The molecule has 1 heterocycles. The Balaban J connectivity index is 1.01. The van der Waals surface area contributed by atoms with Crippen molar-refractivity contribution in [1.82, 2.24) is 0 Å². The van der Waals surface area contributed by atoms with Crippen LogP contribution in [0.1, 0.15) is 74.9 Å². The maximum atomic E-state index is 2.52. The van der Waals surface area contributed by atoms with Crippen molar-refractivity contribution in [1.29, 1.82) is 0 Å². The summed E-state index contributed by atoms with van der Waals surface area (Å²) in [6.07, 6.45) is 0. The summed E-state index contributed by atoms with van der Waals surface area (Å²) in [6.45, 7) is 14.4. The number of rotatable bonds is 4. The molecule has 59 heavy (non-hydrogen) atoms. The van der Waals surface area contributed by atoms with E-state index in [-0.39, 0.29) is 16.2 Å². The molecule has 0 spiro atoms. The monoisotopic (exact) mass is 775 g/mol. The van der Waals surface area contributed by atoms with E-state index in [9.17, 15) is 0 Å². The standard InChI is InChI=1S/C57H45NS/c1-55(2)47-19-10-7-14-39(47)41-28-26-36(30-49(41)55)58(35-24-22-34(23-25-35)38-17-13-18-44-43-16-9-12-21-53(43)59-54(38)44)37-27-29-42-46-33-51-45(32-52(46)57(5,6)50(42)31-37)40-15-8-11-20-48(40)56(51,3)4/h7-33H,1-6H3. The molecule has 0 atom stereocenters. The first-order valence-electron chi connectivity index (χ1n) is 21.0. The zero-order valence-corrected chi connectivity index (χ0v) is 35.3. The first-order valence-corrected chi connectivity index (χ1v) is 21.8. The maximum Gasteiger partial charge on any atom is 0.0465 e. The van der Waals surface area contributed by atoms with E-state index in [0.717, 1.165) is 5.69 Å². The van der Waals surface area contributed by atoms with Crippen molar-refractivity contribution in [3.8, 4) is 44.5 Å². The van der Waals surface area contributed by atoms with Gasteiger partial charge >= 0.3 is 0 Å². The van der Waals surface area contributed by atoms with Crippen LogP contribution in [0.15, 0.2) is 164 Å². The summed E-state index contributed by atoms with van der Waals surface area (Å²) < 4.78 is 2.68. The lowest BCUT2D eigenvalue weighted by Crippen LogP contribution is -2.18. The van der Waals surface area contributed by atoms with E-state index in [1.165, 1.54) is 109 Å². The number of hydrogen-bond donors (Lipinski definition) is 0. The average molecular weight is 776 g/mol. The molecule has 0 N–H and O–H groups in total. The van der Waals surface area contributed by atoms with Crippen molar-refractivity contribution in [2.45, 2.75) is 57.8 Å². The smallest absolute Gasteiger partial charge is 0.0465 e. The lowest BCUT2D eigenvalue weighted by atomic mass is 9.79. The molecule has 3 aliphatic rings. The van der Waals surface area contributed by atoms with Crippen LogP contribution < -0.4 is 4.90 Å². The van der Waals surface area contributed by atoms with Crippen molar-refractivity contribution >= 4 is 48.6 Å². The van der Waals surface area contributed by atoms with Gasteiger partial charge in [-0.05, 0) is 132 Å². The van der Waals surface area contributed by atoms with Gasteiger partial charge < -0.3 is 4.90 Å². The minimum Gasteiger partial charge on any atom is -0.310 e. The molecule has 0 saturated carbocycles. The number of anilines is 3. The van der Waals surface area contributed by atoms with Crippen molar-refractivity contribution in [3.05, 3.63) is 197 Å². The van der Waals surface area contributed by atoms with Crippen LogP contribution in [-0.2, 0) is 16.2 Å². The summed E-state index contributed by atoms with van der Waals surface area (Å²) in [5.74, 6) is 0. The highest BCUT2D eigenvalue weighted by molar-refractivity contribution is 7.26. The molecular formula is C57H45NS. The highest BCUT2D eigenvalue weighted by atomic mass is 32.1. The minimum absolute atomic E-state index is 0.0414. The fraction of sp³-hybridized carbons (Fsp3) is 0.158. The first-order chi connectivity index (χ1) is 28.5. The first kappa shape index (κ1) is 34.8. The Morgan fingerprint density at radius 1 is 0.339 bits per heavy atom. The van der Waals surface area contributed by atoms with Crippen LogP contribution in [-0.4, -0.2) is 0 Å². The molecule has 1 nitrogen and oxygen atoms in total. The number of thiophene rings is 1. The summed E-state index contributed by atoms with van der Waals surface area (Å²) in [4.78, 5) is 2.49. The molecule has 0 aliphatic heterocycles. The van der Waals surface area contributed by atoms with Crippen LogP contribution >= 0.6 is 11.3 Å². The Morgan fingerprint density at radius 3 is 1.41 bits per heavy atom. The Kier molecular flexibility index (Phi) is 7.04. The maximum absolute atomic E-state index is 2.52. The molecular weight excluding hydrogens is 731 g/mol. The molecule has 8 aromatic carbocycles. The van der Waals surface area contributed by atoms with Gasteiger partial charge in [0.25, 0.3) is 0 Å². The molecule has 3 aliphatic carbocycles. The number of fused-ring (bicyclic) bond motifs is 12. The van der Waals surface area contributed by atoms with Gasteiger partial charge in [-0.15, -0.1) is 11.3 Å². The van der Waals surface area contributed by atoms with Gasteiger partial charge in [0, 0.05) is 53.5 Å². The van der Waals surface area contributed by atoms with E-state index in [1.54, 1.807) is 0 Å².